The molecule has 0 bridgehead atoms. The lowest BCUT2D eigenvalue weighted by molar-refractivity contribution is -0.111. The Balaban J connectivity index is 2.07. The fraction of sp³-hybridized carbons (Fsp3) is 0.133. The fourth-order valence-corrected chi connectivity index (χ4v) is 1.74. The van der Waals surface area contributed by atoms with E-state index in [2.05, 4.69) is 15.3 Å². The van der Waals surface area contributed by atoms with Gasteiger partial charge in [0.15, 0.2) is 0 Å². The molecule has 0 saturated carbocycles. The number of rotatable bonds is 5. The summed E-state index contributed by atoms with van der Waals surface area (Å²) in [6.07, 6.45) is 4.48. The van der Waals surface area contributed by atoms with Gasteiger partial charge in [0, 0.05) is 11.1 Å². The van der Waals surface area contributed by atoms with Gasteiger partial charge in [0.1, 0.15) is 5.69 Å². The number of ether oxygens (including phenoxy) is 2. The van der Waals surface area contributed by atoms with Gasteiger partial charge in [-0.1, -0.05) is 23.7 Å². The zero-order valence-corrected chi connectivity index (χ0v) is 12.8. The van der Waals surface area contributed by atoms with Crippen LogP contribution in [0.3, 0.4) is 0 Å². The molecule has 0 spiro atoms. The normalized spacial score (nSPS) is 10.5. The number of hydrogen-bond donors (Lipinski definition) is 1. The van der Waals surface area contributed by atoms with Crippen LogP contribution in [0.15, 0.2) is 36.5 Å². The van der Waals surface area contributed by atoms with Crippen LogP contribution < -0.4 is 14.8 Å². The van der Waals surface area contributed by atoms with Crippen molar-refractivity contribution in [2.45, 2.75) is 0 Å². The van der Waals surface area contributed by atoms with E-state index in [0.717, 1.165) is 5.56 Å². The van der Waals surface area contributed by atoms with Gasteiger partial charge < -0.3 is 14.8 Å². The SMILES string of the molecule is COc1ncc(NC(=O)/C=C/c2ccc(Cl)cc2)c(OC)n1. The smallest absolute Gasteiger partial charge is 0.319 e. The van der Waals surface area contributed by atoms with Crippen molar-refractivity contribution in [2.24, 2.45) is 0 Å². The largest absolute Gasteiger partial charge is 0.479 e. The molecular weight excluding hydrogens is 306 g/mol. The summed E-state index contributed by atoms with van der Waals surface area (Å²) in [6.45, 7) is 0. The lowest BCUT2D eigenvalue weighted by Crippen LogP contribution is -2.10. The molecule has 0 atom stereocenters. The maximum absolute atomic E-state index is 11.9. The number of nitrogens with zero attached hydrogens (tertiary/aromatic N) is 2. The van der Waals surface area contributed by atoms with E-state index in [-0.39, 0.29) is 17.8 Å². The van der Waals surface area contributed by atoms with E-state index >= 15 is 0 Å². The number of aromatic nitrogens is 2. The van der Waals surface area contributed by atoms with Crippen molar-refractivity contribution < 1.29 is 14.3 Å². The Morgan fingerprint density at radius 3 is 2.59 bits per heavy atom. The molecule has 0 saturated heterocycles. The number of benzene rings is 1. The zero-order valence-electron chi connectivity index (χ0n) is 12.0. The second kappa shape index (κ2) is 7.42. The highest BCUT2D eigenvalue weighted by atomic mass is 35.5. The van der Waals surface area contributed by atoms with E-state index < -0.39 is 0 Å². The van der Waals surface area contributed by atoms with E-state index in [1.807, 2.05) is 12.1 Å². The Labute approximate surface area is 132 Å². The standard InChI is InChI=1S/C15H14ClN3O3/c1-21-14-12(9-17-15(19-14)22-2)18-13(20)8-5-10-3-6-11(16)7-4-10/h3-9H,1-2H3,(H,18,20)/b8-5+. The van der Waals surface area contributed by atoms with E-state index in [4.69, 9.17) is 21.1 Å². The summed E-state index contributed by atoms with van der Waals surface area (Å²) in [5.74, 6) is -0.109. The molecule has 0 fully saturated rings. The molecule has 1 aromatic carbocycles. The predicted molar refractivity (Wildman–Crippen MR) is 84.3 cm³/mol. The van der Waals surface area contributed by atoms with Crippen molar-refractivity contribution in [1.29, 1.82) is 0 Å². The van der Waals surface area contributed by atoms with E-state index in [1.165, 1.54) is 26.5 Å². The number of halogens is 1. The van der Waals surface area contributed by atoms with Gasteiger partial charge in [0.05, 0.1) is 20.4 Å². The number of hydrogen-bond acceptors (Lipinski definition) is 5. The molecule has 0 aliphatic heterocycles. The molecule has 6 nitrogen and oxygen atoms in total. The van der Waals surface area contributed by atoms with Crippen LogP contribution in [0, 0.1) is 0 Å². The molecule has 0 unspecified atom stereocenters. The maximum atomic E-state index is 11.9. The first-order valence-corrected chi connectivity index (χ1v) is 6.70. The summed E-state index contributed by atoms with van der Waals surface area (Å²) in [7, 11) is 2.89. The van der Waals surface area contributed by atoms with Crippen molar-refractivity contribution in [1.82, 2.24) is 9.97 Å². The van der Waals surface area contributed by atoms with Gasteiger partial charge in [-0.3, -0.25) is 4.79 Å². The molecule has 1 aromatic heterocycles. The van der Waals surface area contributed by atoms with Crippen LogP contribution in [0.2, 0.25) is 5.02 Å². The van der Waals surface area contributed by atoms with Crippen LogP contribution >= 0.6 is 11.6 Å². The molecule has 2 aromatic rings. The minimum Gasteiger partial charge on any atom is -0.479 e. The number of methoxy groups -OCH3 is 2. The minimum atomic E-state index is -0.331. The number of amides is 1. The predicted octanol–water partition coefficient (Wildman–Crippen LogP) is 2.80. The van der Waals surface area contributed by atoms with Crippen LogP contribution in [0.5, 0.6) is 11.9 Å². The van der Waals surface area contributed by atoms with E-state index in [0.29, 0.717) is 10.7 Å². The Morgan fingerprint density at radius 1 is 1.23 bits per heavy atom. The van der Waals surface area contributed by atoms with Crippen LogP contribution in [0.25, 0.3) is 6.08 Å². The monoisotopic (exact) mass is 319 g/mol. The summed E-state index contributed by atoms with van der Waals surface area (Å²) in [5, 5.41) is 3.28. The quantitative estimate of drug-likeness (QED) is 0.858. The summed E-state index contributed by atoms with van der Waals surface area (Å²) >= 11 is 5.80. The van der Waals surface area contributed by atoms with Gasteiger partial charge in [0.25, 0.3) is 0 Å². The number of carbonyl (C=O) groups excluding carboxylic acids is 1. The second-order valence-corrected chi connectivity index (χ2v) is 4.59. The highest BCUT2D eigenvalue weighted by Gasteiger charge is 2.09. The van der Waals surface area contributed by atoms with Gasteiger partial charge in [-0.25, -0.2) is 4.98 Å². The molecule has 1 N–H and O–H groups in total. The Morgan fingerprint density at radius 2 is 1.95 bits per heavy atom. The third kappa shape index (κ3) is 4.20. The van der Waals surface area contributed by atoms with Crippen LogP contribution in [0.4, 0.5) is 5.69 Å². The van der Waals surface area contributed by atoms with Crippen LogP contribution in [-0.4, -0.2) is 30.1 Å². The molecule has 22 heavy (non-hydrogen) atoms. The molecule has 0 aliphatic rings. The topological polar surface area (TPSA) is 73.3 Å². The first-order valence-electron chi connectivity index (χ1n) is 6.32. The number of anilines is 1. The maximum Gasteiger partial charge on any atom is 0.319 e. The minimum absolute atomic E-state index is 0.159. The zero-order chi connectivity index (χ0) is 15.9. The summed E-state index contributed by atoms with van der Waals surface area (Å²) in [6, 6.07) is 7.28. The summed E-state index contributed by atoms with van der Waals surface area (Å²) in [4.78, 5) is 19.8. The van der Waals surface area contributed by atoms with Gasteiger partial charge in [-0.2, -0.15) is 4.98 Å². The molecule has 2 rings (SSSR count). The van der Waals surface area contributed by atoms with Gasteiger partial charge in [0.2, 0.25) is 11.8 Å². The van der Waals surface area contributed by atoms with E-state index in [1.54, 1.807) is 18.2 Å². The highest BCUT2D eigenvalue weighted by Crippen LogP contribution is 2.22. The fourth-order valence-electron chi connectivity index (χ4n) is 1.61. The van der Waals surface area contributed by atoms with E-state index in [9.17, 15) is 4.79 Å². The Hall–Kier alpha value is -2.60. The van der Waals surface area contributed by atoms with Gasteiger partial charge in [-0.05, 0) is 23.8 Å². The first kappa shape index (κ1) is 15.8. The molecule has 1 heterocycles. The molecule has 0 aliphatic carbocycles. The third-order valence-electron chi connectivity index (χ3n) is 2.66. The summed E-state index contributed by atoms with van der Waals surface area (Å²) in [5.41, 5.74) is 1.21. The number of nitrogens with one attached hydrogen (secondary N) is 1. The Bertz CT molecular complexity index is 687. The molecule has 0 radical (unpaired) electrons. The summed E-state index contributed by atoms with van der Waals surface area (Å²) < 4.78 is 9.97. The van der Waals surface area contributed by atoms with Gasteiger partial charge >= 0.3 is 6.01 Å². The van der Waals surface area contributed by atoms with Crippen molar-refractivity contribution in [3.05, 3.63) is 47.1 Å². The van der Waals surface area contributed by atoms with Crippen molar-refractivity contribution in [3.63, 3.8) is 0 Å². The third-order valence-corrected chi connectivity index (χ3v) is 2.91. The van der Waals surface area contributed by atoms with Crippen LogP contribution in [-0.2, 0) is 4.79 Å². The van der Waals surface area contributed by atoms with Gasteiger partial charge in [-0.15, -0.1) is 0 Å². The molecule has 7 heteroatoms. The highest BCUT2D eigenvalue weighted by molar-refractivity contribution is 6.30. The second-order valence-electron chi connectivity index (χ2n) is 4.15. The number of carbonyl (C=O) groups is 1. The average molecular weight is 320 g/mol. The van der Waals surface area contributed by atoms with Crippen molar-refractivity contribution >= 4 is 29.3 Å². The lowest BCUT2D eigenvalue weighted by Gasteiger charge is -2.08. The molecular formula is C15H14ClN3O3. The van der Waals surface area contributed by atoms with Crippen LogP contribution in [0.1, 0.15) is 5.56 Å². The first-order chi connectivity index (χ1) is 10.6. The lowest BCUT2D eigenvalue weighted by atomic mass is 10.2. The molecule has 114 valence electrons. The Kier molecular flexibility index (Phi) is 5.32. The van der Waals surface area contributed by atoms with Crippen molar-refractivity contribution in [2.75, 3.05) is 19.5 Å². The average Bonchev–Trinajstić information content (AvgIpc) is 2.54. The van der Waals surface area contributed by atoms with Crippen molar-refractivity contribution in [3.8, 4) is 11.9 Å². The molecule has 1 amide bonds.